The molecule has 1 N–H and O–H groups in total. The number of aliphatic hydroxyl groups excluding tert-OH is 1. The molecule has 1 aromatic heterocycles. The fourth-order valence-electron chi connectivity index (χ4n) is 3.14. The highest BCUT2D eigenvalue weighted by molar-refractivity contribution is 5.44. The number of hydrogen-bond donors (Lipinski definition) is 1. The first-order valence-electron chi connectivity index (χ1n) is 8.21. The van der Waals surface area contributed by atoms with Crippen molar-refractivity contribution in [3.63, 3.8) is 0 Å². The Balaban J connectivity index is 1.82. The Labute approximate surface area is 132 Å². The first kappa shape index (κ1) is 15.0. The Bertz CT molecular complexity index is 604. The number of rotatable bonds is 3. The Morgan fingerprint density at radius 2 is 1.64 bits per heavy atom. The van der Waals surface area contributed by atoms with E-state index >= 15 is 0 Å². The molecule has 22 heavy (non-hydrogen) atoms. The van der Waals surface area contributed by atoms with Crippen LogP contribution in [0.5, 0.6) is 0 Å². The second kappa shape index (κ2) is 6.93. The average Bonchev–Trinajstić information content (AvgIpc) is 2.84. The van der Waals surface area contributed by atoms with E-state index in [0.29, 0.717) is 0 Å². The zero-order valence-corrected chi connectivity index (χ0v) is 13.2. The molecule has 2 aromatic rings. The highest BCUT2D eigenvalue weighted by Gasteiger charge is 2.16. The van der Waals surface area contributed by atoms with E-state index < -0.39 is 6.10 Å². The van der Waals surface area contributed by atoms with Crippen molar-refractivity contribution in [3.8, 4) is 0 Å². The Hall–Kier alpha value is -1.87. The number of benzene rings is 1. The van der Waals surface area contributed by atoms with Gasteiger partial charge < -0.3 is 10.0 Å². The van der Waals surface area contributed by atoms with Crippen LogP contribution in [0, 0.1) is 6.92 Å². The predicted molar refractivity (Wildman–Crippen MR) is 90.2 cm³/mol. The van der Waals surface area contributed by atoms with Crippen LogP contribution in [0.2, 0.25) is 0 Å². The van der Waals surface area contributed by atoms with E-state index in [4.69, 9.17) is 4.98 Å². The second-order valence-corrected chi connectivity index (χ2v) is 6.06. The number of anilines is 1. The minimum absolute atomic E-state index is 0.605. The maximum atomic E-state index is 10.6. The smallest absolute Gasteiger partial charge is 0.128 e. The SMILES string of the molecule is Cc1nc(N2CCCCCC2)ccc1C(O)c1ccccc1. The normalized spacial score (nSPS) is 17.1. The van der Waals surface area contributed by atoms with Crippen LogP contribution in [0.4, 0.5) is 5.82 Å². The quantitative estimate of drug-likeness (QED) is 0.934. The van der Waals surface area contributed by atoms with Gasteiger partial charge in [0.25, 0.3) is 0 Å². The van der Waals surface area contributed by atoms with Crippen LogP contribution < -0.4 is 4.90 Å². The molecular weight excluding hydrogens is 272 g/mol. The number of hydrogen-bond acceptors (Lipinski definition) is 3. The molecule has 0 amide bonds. The third-order valence-corrected chi connectivity index (χ3v) is 4.45. The average molecular weight is 296 g/mol. The van der Waals surface area contributed by atoms with E-state index in [9.17, 15) is 5.11 Å². The van der Waals surface area contributed by atoms with Crippen LogP contribution in [0.15, 0.2) is 42.5 Å². The first-order chi connectivity index (χ1) is 10.8. The molecule has 0 bridgehead atoms. The van der Waals surface area contributed by atoms with Crippen LogP contribution in [0.3, 0.4) is 0 Å². The molecule has 0 saturated carbocycles. The molecule has 0 aliphatic carbocycles. The molecule has 1 atom stereocenters. The van der Waals surface area contributed by atoms with Crippen molar-refractivity contribution in [2.75, 3.05) is 18.0 Å². The summed E-state index contributed by atoms with van der Waals surface area (Å²) >= 11 is 0. The van der Waals surface area contributed by atoms with E-state index in [-0.39, 0.29) is 0 Å². The lowest BCUT2D eigenvalue weighted by molar-refractivity contribution is 0.219. The molecule has 1 unspecified atom stereocenters. The molecule has 3 rings (SSSR count). The fourth-order valence-corrected chi connectivity index (χ4v) is 3.14. The summed E-state index contributed by atoms with van der Waals surface area (Å²) in [6.07, 6.45) is 4.53. The minimum atomic E-state index is -0.605. The van der Waals surface area contributed by atoms with Crippen LogP contribution in [-0.2, 0) is 0 Å². The first-order valence-corrected chi connectivity index (χ1v) is 8.21. The third-order valence-electron chi connectivity index (χ3n) is 4.45. The van der Waals surface area contributed by atoms with Gasteiger partial charge in [-0.25, -0.2) is 4.98 Å². The van der Waals surface area contributed by atoms with Gasteiger partial charge in [-0.1, -0.05) is 49.2 Å². The highest BCUT2D eigenvalue weighted by Crippen LogP contribution is 2.26. The van der Waals surface area contributed by atoms with Crippen molar-refractivity contribution < 1.29 is 5.11 Å². The summed E-state index contributed by atoms with van der Waals surface area (Å²) in [5, 5.41) is 10.6. The lowest BCUT2D eigenvalue weighted by Crippen LogP contribution is -2.25. The Morgan fingerprint density at radius 3 is 2.27 bits per heavy atom. The summed E-state index contributed by atoms with van der Waals surface area (Å²) in [6, 6.07) is 13.9. The summed E-state index contributed by atoms with van der Waals surface area (Å²) in [7, 11) is 0. The number of aliphatic hydroxyl groups is 1. The minimum Gasteiger partial charge on any atom is -0.384 e. The monoisotopic (exact) mass is 296 g/mol. The lowest BCUT2D eigenvalue weighted by atomic mass is 10.0. The zero-order chi connectivity index (χ0) is 15.4. The molecule has 0 radical (unpaired) electrons. The molecular formula is C19H24N2O. The number of nitrogens with zero attached hydrogens (tertiary/aromatic N) is 2. The molecule has 1 aliphatic rings. The topological polar surface area (TPSA) is 36.4 Å². The standard InChI is InChI=1S/C19H24N2O/c1-15-17(19(22)16-9-5-4-6-10-16)11-12-18(20-15)21-13-7-2-3-8-14-21/h4-6,9-12,19,22H,2-3,7-8,13-14H2,1H3. The van der Waals surface area contributed by atoms with Gasteiger partial charge >= 0.3 is 0 Å². The van der Waals surface area contributed by atoms with E-state index in [2.05, 4.69) is 11.0 Å². The molecule has 116 valence electrons. The van der Waals surface area contributed by atoms with E-state index in [1.807, 2.05) is 43.3 Å². The van der Waals surface area contributed by atoms with Crippen molar-refractivity contribution in [2.24, 2.45) is 0 Å². The fraction of sp³-hybridized carbons (Fsp3) is 0.421. The molecule has 2 heterocycles. The molecule has 1 aliphatic heterocycles. The van der Waals surface area contributed by atoms with Crippen LogP contribution in [-0.4, -0.2) is 23.2 Å². The molecule has 1 aromatic carbocycles. The predicted octanol–water partition coefficient (Wildman–Crippen LogP) is 3.85. The zero-order valence-electron chi connectivity index (χ0n) is 13.2. The van der Waals surface area contributed by atoms with Crippen molar-refractivity contribution in [1.29, 1.82) is 0 Å². The van der Waals surface area contributed by atoms with Gasteiger partial charge in [0.15, 0.2) is 0 Å². The third kappa shape index (κ3) is 3.30. The molecule has 1 fully saturated rings. The van der Waals surface area contributed by atoms with Gasteiger partial charge in [0.2, 0.25) is 0 Å². The number of aromatic nitrogens is 1. The van der Waals surface area contributed by atoms with Gasteiger partial charge in [-0.2, -0.15) is 0 Å². The summed E-state index contributed by atoms with van der Waals surface area (Å²) < 4.78 is 0. The summed E-state index contributed by atoms with van der Waals surface area (Å²) in [4.78, 5) is 7.12. The van der Waals surface area contributed by atoms with Gasteiger partial charge in [-0.05, 0) is 31.4 Å². The van der Waals surface area contributed by atoms with Gasteiger partial charge in [0.1, 0.15) is 11.9 Å². The highest BCUT2D eigenvalue weighted by atomic mass is 16.3. The second-order valence-electron chi connectivity index (χ2n) is 6.06. The van der Waals surface area contributed by atoms with Gasteiger partial charge in [0, 0.05) is 24.3 Å². The van der Waals surface area contributed by atoms with Gasteiger partial charge in [-0.3, -0.25) is 0 Å². The molecule has 3 heteroatoms. The van der Waals surface area contributed by atoms with Gasteiger partial charge in [-0.15, -0.1) is 0 Å². The summed E-state index contributed by atoms with van der Waals surface area (Å²) in [6.45, 7) is 4.17. The van der Waals surface area contributed by atoms with Crippen molar-refractivity contribution >= 4 is 5.82 Å². The Kier molecular flexibility index (Phi) is 4.74. The van der Waals surface area contributed by atoms with Crippen LogP contribution in [0.25, 0.3) is 0 Å². The van der Waals surface area contributed by atoms with E-state index in [0.717, 1.165) is 35.7 Å². The van der Waals surface area contributed by atoms with Gasteiger partial charge in [0.05, 0.1) is 0 Å². The molecule has 3 nitrogen and oxygen atoms in total. The van der Waals surface area contributed by atoms with Crippen molar-refractivity contribution in [3.05, 3.63) is 59.3 Å². The van der Waals surface area contributed by atoms with E-state index in [1.165, 1.54) is 25.7 Å². The van der Waals surface area contributed by atoms with Crippen LogP contribution >= 0.6 is 0 Å². The lowest BCUT2D eigenvalue weighted by Gasteiger charge is -2.23. The summed E-state index contributed by atoms with van der Waals surface area (Å²) in [5.74, 6) is 1.04. The van der Waals surface area contributed by atoms with E-state index in [1.54, 1.807) is 0 Å². The number of pyridine rings is 1. The van der Waals surface area contributed by atoms with Crippen molar-refractivity contribution in [1.82, 2.24) is 4.98 Å². The molecule has 1 saturated heterocycles. The van der Waals surface area contributed by atoms with Crippen molar-refractivity contribution in [2.45, 2.75) is 38.7 Å². The Morgan fingerprint density at radius 1 is 0.955 bits per heavy atom. The molecule has 0 spiro atoms. The largest absolute Gasteiger partial charge is 0.384 e. The van der Waals surface area contributed by atoms with Crippen LogP contribution in [0.1, 0.15) is 48.6 Å². The number of aryl methyl sites for hydroxylation is 1. The maximum Gasteiger partial charge on any atom is 0.128 e. The maximum absolute atomic E-state index is 10.6. The summed E-state index contributed by atoms with van der Waals surface area (Å²) in [5.41, 5.74) is 2.72.